The van der Waals surface area contributed by atoms with Gasteiger partial charge in [0, 0.05) is 6.54 Å². The number of rotatable bonds is 14. The monoisotopic (exact) mass is 423 g/mol. The Balaban J connectivity index is 1.83. The Labute approximate surface area is 185 Å². The standard InChI is InChI=1S/C26H33NO4/c1-4-7-16-27-26(28)31-25(19-29-17-23-12-8-21(5-2)9-13-23)20-30-18-24-14-10-22(6-3)11-15-24/h5-6,8-15,25H,2-4,7,16-20H2,1H3,(H,27,28). The van der Waals surface area contributed by atoms with Gasteiger partial charge in [-0.25, -0.2) is 4.79 Å². The van der Waals surface area contributed by atoms with E-state index in [4.69, 9.17) is 14.2 Å². The first kappa shape index (κ1) is 24.4. The largest absolute Gasteiger partial charge is 0.441 e. The van der Waals surface area contributed by atoms with Crippen LogP contribution in [-0.2, 0) is 27.4 Å². The van der Waals surface area contributed by atoms with E-state index in [-0.39, 0.29) is 13.2 Å². The molecule has 5 nitrogen and oxygen atoms in total. The molecule has 1 N–H and O–H groups in total. The van der Waals surface area contributed by atoms with Gasteiger partial charge in [-0.2, -0.15) is 0 Å². The number of nitrogens with one attached hydrogen (secondary N) is 1. The Kier molecular flexibility index (Phi) is 11.1. The molecule has 2 rings (SSSR count). The predicted molar refractivity (Wildman–Crippen MR) is 126 cm³/mol. The van der Waals surface area contributed by atoms with Gasteiger partial charge in [-0.3, -0.25) is 0 Å². The van der Waals surface area contributed by atoms with Gasteiger partial charge in [0.2, 0.25) is 0 Å². The van der Waals surface area contributed by atoms with Crippen molar-refractivity contribution in [3.63, 3.8) is 0 Å². The van der Waals surface area contributed by atoms with Crippen molar-refractivity contribution < 1.29 is 19.0 Å². The maximum Gasteiger partial charge on any atom is 0.407 e. The van der Waals surface area contributed by atoms with E-state index in [1.807, 2.05) is 48.5 Å². The average Bonchev–Trinajstić information content (AvgIpc) is 2.80. The minimum Gasteiger partial charge on any atom is -0.441 e. The van der Waals surface area contributed by atoms with Crippen molar-refractivity contribution in [2.45, 2.75) is 39.1 Å². The van der Waals surface area contributed by atoms with E-state index in [2.05, 4.69) is 25.4 Å². The number of unbranched alkanes of at least 4 members (excludes halogenated alkanes) is 1. The molecule has 0 spiro atoms. The van der Waals surface area contributed by atoms with Crippen LogP contribution in [-0.4, -0.2) is 32.0 Å². The summed E-state index contributed by atoms with van der Waals surface area (Å²) in [7, 11) is 0. The third kappa shape index (κ3) is 9.64. The van der Waals surface area contributed by atoms with Gasteiger partial charge in [-0.15, -0.1) is 0 Å². The molecular formula is C26H33NO4. The maximum absolute atomic E-state index is 12.1. The fourth-order valence-corrected chi connectivity index (χ4v) is 2.79. The van der Waals surface area contributed by atoms with E-state index >= 15 is 0 Å². The van der Waals surface area contributed by atoms with E-state index in [9.17, 15) is 4.79 Å². The van der Waals surface area contributed by atoms with E-state index in [1.54, 1.807) is 12.2 Å². The molecule has 0 bridgehead atoms. The van der Waals surface area contributed by atoms with Crippen LogP contribution >= 0.6 is 0 Å². The molecule has 0 aliphatic carbocycles. The van der Waals surface area contributed by atoms with Crippen molar-refractivity contribution in [2.24, 2.45) is 0 Å². The molecule has 0 saturated carbocycles. The lowest BCUT2D eigenvalue weighted by molar-refractivity contribution is -0.0358. The molecule has 31 heavy (non-hydrogen) atoms. The van der Waals surface area contributed by atoms with Crippen LogP contribution in [0.2, 0.25) is 0 Å². The summed E-state index contributed by atoms with van der Waals surface area (Å²) in [5.74, 6) is 0. The molecule has 0 heterocycles. The van der Waals surface area contributed by atoms with Crippen molar-refractivity contribution in [1.29, 1.82) is 0 Å². The molecule has 0 unspecified atom stereocenters. The Bertz CT molecular complexity index is 742. The first-order valence-electron chi connectivity index (χ1n) is 10.7. The van der Waals surface area contributed by atoms with Crippen LogP contribution in [0.1, 0.15) is 42.0 Å². The van der Waals surface area contributed by atoms with Gasteiger partial charge in [0.1, 0.15) is 0 Å². The maximum atomic E-state index is 12.1. The Morgan fingerprint density at radius 2 is 1.39 bits per heavy atom. The molecule has 0 saturated heterocycles. The summed E-state index contributed by atoms with van der Waals surface area (Å²) in [6, 6.07) is 15.9. The second-order valence-electron chi connectivity index (χ2n) is 7.23. The van der Waals surface area contributed by atoms with Gasteiger partial charge in [-0.1, -0.05) is 87.2 Å². The Morgan fingerprint density at radius 3 is 1.81 bits per heavy atom. The van der Waals surface area contributed by atoms with Gasteiger partial charge >= 0.3 is 6.09 Å². The minimum atomic E-state index is -0.499. The van der Waals surface area contributed by atoms with Crippen LogP contribution in [0.25, 0.3) is 12.2 Å². The molecule has 0 aliphatic rings. The summed E-state index contributed by atoms with van der Waals surface area (Å²) in [6.07, 6.45) is 4.57. The van der Waals surface area contributed by atoms with E-state index < -0.39 is 12.2 Å². The summed E-state index contributed by atoms with van der Waals surface area (Å²) >= 11 is 0. The molecule has 0 aliphatic heterocycles. The highest BCUT2D eigenvalue weighted by Gasteiger charge is 2.15. The molecular weight excluding hydrogens is 390 g/mol. The topological polar surface area (TPSA) is 56.8 Å². The molecule has 0 aromatic heterocycles. The Morgan fingerprint density at radius 1 is 0.903 bits per heavy atom. The number of ether oxygens (including phenoxy) is 3. The number of carbonyl (C=O) groups excluding carboxylic acids is 1. The Hall–Kier alpha value is -2.89. The fraction of sp³-hybridized carbons (Fsp3) is 0.346. The molecule has 1 amide bonds. The van der Waals surface area contributed by atoms with Crippen molar-refractivity contribution in [3.05, 3.63) is 83.9 Å². The second-order valence-corrected chi connectivity index (χ2v) is 7.23. The van der Waals surface area contributed by atoms with Crippen LogP contribution in [0, 0.1) is 0 Å². The van der Waals surface area contributed by atoms with Crippen LogP contribution in [0.3, 0.4) is 0 Å². The van der Waals surface area contributed by atoms with Crippen LogP contribution in [0.4, 0.5) is 4.79 Å². The molecule has 2 aromatic rings. The SMILES string of the molecule is C=Cc1ccc(COCC(COCc2ccc(C=C)cc2)OC(=O)NCCCC)cc1. The third-order valence-corrected chi connectivity index (χ3v) is 4.65. The lowest BCUT2D eigenvalue weighted by Gasteiger charge is -2.19. The van der Waals surface area contributed by atoms with E-state index in [0.717, 1.165) is 35.1 Å². The first-order chi connectivity index (χ1) is 15.1. The highest BCUT2D eigenvalue weighted by molar-refractivity contribution is 5.67. The van der Waals surface area contributed by atoms with Crippen molar-refractivity contribution >= 4 is 18.2 Å². The summed E-state index contributed by atoms with van der Waals surface area (Å²) in [5.41, 5.74) is 4.20. The van der Waals surface area contributed by atoms with Gasteiger partial charge in [0.05, 0.1) is 26.4 Å². The fourth-order valence-electron chi connectivity index (χ4n) is 2.79. The highest BCUT2D eigenvalue weighted by atomic mass is 16.6. The van der Waals surface area contributed by atoms with Crippen LogP contribution in [0.15, 0.2) is 61.7 Å². The quantitative estimate of drug-likeness (QED) is 0.402. The van der Waals surface area contributed by atoms with Gasteiger partial charge in [0.15, 0.2) is 6.10 Å². The minimum absolute atomic E-state index is 0.250. The number of amides is 1. The molecule has 166 valence electrons. The average molecular weight is 424 g/mol. The summed E-state index contributed by atoms with van der Waals surface area (Å²) in [4.78, 5) is 12.1. The lowest BCUT2D eigenvalue weighted by atomic mass is 10.1. The number of carbonyl (C=O) groups is 1. The summed E-state index contributed by atoms with van der Waals surface area (Å²) in [6.45, 7) is 11.5. The zero-order chi connectivity index (χ0) is 22.3. The third-order valence-electron chi connectivity index (χ3n) is 4.65. The molecule has 0 fully saturated rings. The zero-order valence-electron chi connectivity index (χ0n) is 18.3. The number of hydrogen-bond acceptors (Lipinski definition) is 4. The lowest BCUT2D eigenvalue weighted by Crippen LogP contribution is -2.34. The molecule has 2 aromatic carbocycles. The molecule has 0 atom stereocenters. The van der Waals surface area contributed by atoms with Crippen LogP contribution < -0.4 is 5.32 Å². The van der Waals surface area contributed by atoms with Crippen molar-refractivity contribution in [2.75, 3.05) is 19.8 Å². The molecule has 0 radical (unpaired) electrons. The van der Waals surface area contributed by atoms with Gasteiger partial charge < -0.3 is 19.5 Å². The molecule has 5 heteroatoms. The zero-order valence-corrected chi connectivity index (χ0v) is 18.3. The predicted octanol–water partition coefficient (Wildman–Crippen LogP) is 5.60. The summed E-state index contributed by atoms with van der Waals surface area (Å²) in [5, 5.41) is 2.76. The normalized spacial score (nSPS) is 10.6. The first-order valence-corrected chi connectivity index (χ1v) is 10.7. The van der Waals surface area contributed by atoms with Gasteiger partial charge in [0.25, 0.3) is 0 Å². The van der Waals surface area contributed by atoms with Crippen LogP contribution in [0.5, 0.6) is 0 Å². The second kappa shape index (κ2) is 14.2. The number of alkyl carbamates (subject to hydrolysis) is 1. The van der Waals surface area contributed by atoms with Crippen molar-refractivity contribution in [1.82, 2.24) is 5.32 Å². The highest BCUT2D eigenvalue weighted by Crippen LogP contribution is 2.09. The number of benzene rings is 2. The summed E-state index contributed by atoms with van der Waals surface area (Å²) < 4.78 is 17.1. The van der Waals surface area contributed by atoms with Gasteiger partial charge in [-0.05, 0) is 28.7 Å². The van der Waals surface area contributed by atoms with Crippen molar-refractivity contribution in [3.8, 4) is 0 Å². The van der Waals surface area contributed by atoms with E-state index in [0.29, 0.717) is 19.8 Å². The van der Waals surface area contributed by atoms with E-state index in [1.165, 1.54) is 0 Å². The smallest absolute Gasteiger partial charge is 0.407 e. The number of hydrogen-bond donors (Lipinski definition) is 1.